The van der Waals surface area contributed by atoms with E-state index in [4.69, 9.17) is 0 Å². The van der Waals surface area contributed by atoms with Crippen molar-refractivity contribution in [3.63, 3.8) is 0 Å². The van der Waals surface area contributed by atoms with Gasteiger partial charge < -0.3 is 4.90 Å². The number of hydrogen-bond acceptors (Lipinski definition) is 1. The molecule has 0 saturated heterocycles. The summed E-state index contributed by atoms with van der Waals surface area (Å²) in [5, 5.41) is 0. The second-order valence-corrected chi connectivity index (χ2v) is 3.70. The van der Waals surface area contributed by atoms with Gasteiger partial charge in [-0.1, -0.05) is 5.92 Å². The number of nitrogens with zero attached hydrogens (tertiary/aromatic N) is 1. The van der Waals surface area contributed by atoms with Crippen molar-refractivity contribution in [1.29, 1.82) is 0 Å². The van der Waals surface area contributed by atoms with E-state index in [0.717, 1.165) is 0 Å². The van der Waals surface area contributed by atoms with Crippen molar-refractivity contribution in [1.82, 2.24) is 4.90 Å². The Morgan fingerprint density at radius 1 is 1.42 bits per heavy atom. The second-order valence-electron chi connectivity index (χ2n) is 3.70. The van der Waals surface area contributed by atoms with Gasteiger partial charge in [0.05, 0.1) is 6.54 Å². The lowest BCUT2D eigenvalue weighted by molar-refractivity contribution is -0.132. The molecule has 0 radical (unpaired) electrons. The Morgan fingerprint density at radius 3 is 2.17 bits per heavy atom. The van der Waals surface area contributed by atoms with Crippen LogP contribution < -0.4 is 0 Å². The lowest BCUT2D eigenvalue weighted by atomic mass is 10.1. The highest BCUT2D eigenvalue weighted by molar-refractivity contribution is 5.74. The Hall–Kier alpha value is -0.970. The first kappa shape index (κ1) is 11.0. The first-order valence-electron chi connectivity index (χ1n) is 4.07. The Kier molecular flexibility index (Phi) is 3.82. The summed E-state index contributed by atoms with van der Waals surface area (Å²) in [5.74, 6) is 5.75. The fourth-order valence-corrected chi connectivity index (χ4v) is 0.979. The van der Waals surface area contributed by atoms with Gasteiger partial charge in [-0.05, 0) is 27.7 Å². The minimum absolute atomic E-state index is 0.0743. The quantitative estimate of drug-likeness (QED) is 0.544. The van der Waals surface area contributed by atoms with E-state index in [1.54, 1.807) is 18.7 Å². The van der Waals surface area contributed by atoms with E-state index in [1.807, 2.05) is 20.8 Å². The van der Waals surface area contributed by atoms with E-state index in [0.29, 0.717) is 6.54 Å². The second kappa shape index (κ2) is 4.15. The summed E-state index contributed by atoms with van der Waals surface area (Å²) in [4.78, 5) is 12.9. The van der Waals surface area contributed by atoms with Crippen LogP contribution in [-0.4, -0.2) is 22.9 Å². The zero-order chi connectivity index (χ0) is 9.78. The summed E-state index contributed by atoms with van der Waals surface area (Å²) in [5.41, 5.74) is -0.129. The lowest BCUT2D eigenvalue weighted by Crippen LogP contribution is -2.44. The Morgan fingerprint density at radius 2 is 1.92 bits per heavy atom. The van der Waals surface area contributed by atoms with Gasteiger partial charge in [-0.2, -0.15) is 0 Å². The van der Waals surface area contributed by atoms with Gasteiger partial charge >= 0.3 is 0 Å². The molecule has 0 fully saturated rings. The van der Waals surface area contributed by atoms with E-state index in [-0.39, 0.29) is 11.4 Å². The molecular formula is C10H17NO. The van der Waals surface area contributed by atoms with Crippen molar-refractivity contribution < 1.29 is 4.79 Å². The molecular weight excluding hydrogens is 150 g/mol. The van der Waals surface area contributed by atoms with Crippen molar-refractivity contribution in [3.8, 4) is 11.8 Å². The molecule has 0 N–H and O–H groups in total. The van der Waals surface area contributed by atoms with Gasteiger partial charge in [0.15, 0.2) is 0 Å². The largest absolute Gasteiger partial charge is 0.327 e. The van der Waals surface area contributed by atoms with E-state index in [1.165, 1.54) is 0 Å². The van der Waals surface area contributed by atoms with Crippen molar-refractivity contribution in [2.24, 2.45) is 0 Å². The topological polar surface area (TPSA) is 20.3 Å². The van der Waals surface area contributed by atoms with E-state index >= 15 is 0 Å². The van der Waals surface area contributed by atoms with Gasteiger partial charge in [0.25, 0.3) is 0 Å². The van der Waals surface area contributed by atoms with Crippen LogP contribution in [0.15, 0.2) is 0 Å². The molecule has 12 heavy (non-hydrogen) atoms. The highest BCUT2D eigenvalue weighted by Crippen LogP contribution is 2.12. The molecule has 0 atom stereocenters. The molecule has 0 rings (SSSR count). The molecule has 0 heterocycles. The Balaban J connectivity index is 4.42. The third kappa shape index (κ3) is 3.43. The van der Waals surface area contributed by atoms with Crippen molar-refractivity contribution in [2.45, 2.75) is 40.2 Å². The number of carbonyl (C=O) groups is 1. The Labute approximate surface area is 74.9 Å². The van der Waals surface area contributed by atoms with Gasteiger partial charge in [0.2, 0.25) is 5.91 Å². The zero-order valence-corrected chi connectivity index (χ0v) is 8.56. The van der Waals surface area contributed by atoms with Gasteiger partial charge in [-0.3, -0.25) is 4.79 Å². The predicted octanol–water partition coefficient (Wildman–Crippen LogP) is 1.66. The summed E-state index contributed by atoms with van der Waals surface area (Å²) in [6.07, 6.45) is 0. The SMILES string of the molecule is CC#CCN(C(C)=O)C(C)(C)C. The van der Waals surface area contributed by atoms with E-state index < -0.39 is 0 Å². The molecule has 0 aliphatic rings. The maximum atomic E-state index is 11.2. The fourth-order valence-electron chi connectivity index (χ4n) is 0.979. The molecule has 2 heteroatoms. The number of amides is 1. The third-order valence-corrected chi connectivity index (χ3v) is 1.60. The molecule has 0 aromatic rings. The molecule has 0 saturated carbocycles. The first-order chi connectivity index (χ1) is 5.39. The summed E-state index contributed by atoms with van der Waals surface area (Å²) >= 11 is 0. The van der Waals surface area contributed by atoms with Gasteiger partial charge in [0.1, 0.15) is 0 Å². The van der Waals surface area contributed by atoms with Crippen molar-refractivity contribution in [3.05, 3.63) is 0 Å². The van der Waals surface area contributed by atoms with Crippen LogP contribution in [0.25, 0.3) is 0 Å². The van der Waals surface area contributed by atoms with Gasteiger partial charge in [-0.25, -0.2) is 0 Å². The molecule has 0 aromatic heterocycles. The smallest absolute Gasteiger partial charge is 0.220 e. The molecule has 0 aromatic carbocycles. The minimum Gasteiger partial charge on any atom is -0.327 e. The Bertz CT molecular complexity index is 214. The standard InChI is InChI=1S/C10H17NO/c1-6-7-8-11(9(2)12)10(3,4)5/h8H2,1-5H3. The first-order valence-corrected chi connectivity index (χ1v) is 4.07. The molecule has 0 spiro atoms. The number of carbonyl (C=O) groups excluding carboxylic acids is 1. The molecule has 0 unspecified atom stereocenters. The monoisotopic (exact) mass is 167 g/mol. The van der Waals surface area contributed by atoms with Crippen LogP contribution in [0.1, 0.15) is 34.6 Å². The third-order valence-electron chi connectivity index (χ3n) is 1.60. The van der Waals surface area contributed by atoms with Crippen LogP contribution in [-0.2, 0) is 4.79 Å². The molecule has 0 bridgehead atoms. The minimum atomic E-state index is -0.129. The average Bonchev–Trinajstić information content (AvgIpc) is 1.84. The normalized spacial score (nSPS) is 10.1. The maximum absolute atomic E-state index is 11.2. The molecule has 1 amide bonds. The number of hydrogen-bond donors (Lipinski definition) is 0. The fraction of sp³-hybridized carbons (Fsp3) is 0.700. The van der Waals surface area contributed by atoms with Crippen LogP contribution in [0, 0.1) is 11.8 Å². The number of rotatable bonds is 1. The average molecular weight is 167 g/mol. The summed E-state index contributed by atoms with van der Waals surface area (Å²) in [7, 11) is 0. The molecule has 0 aliphatic heterocycles. The highest BCUT2D eigenvalue weighted by Gasteiger charge is 2.22. The van der Waals surface area contributed by atoms with Crippen LogP contribution in [0.3, 0.4) is 0 Å². The lowest BCUT2D eigenvalue weighted by Gasteiger charge is -2.33. The maximum Gasteiger partial charge on any atom is 0.220 e. The van der Waals surface area contributed by atoms with Crippen LogP contribution >= 0.6 is 0 Å². The molecule has 0 aliphatic carbocycles. The van der Waals surface area contributed by atoms with Crippen LogP contribution in [0.5, 0.6) is 0 Å². The summed E-state index contributed by atoms with van der Waals surface area (Å²) in [6.45, 7) is 9.89. The molecule has 68 valence electrons. The van der Waals surface area contributed by atoms with Crippen molar-refractivity contribution in [2.75, 3.05) is 6.54 Å². The summed E-state index contributed by atoms with van der Waals surface area (Å²) in [6, 6.07) is 0. The predicted molar refractivity (Wildman–Crippen MR) is 50.6 cm³/mol. The van der Waals surface area contributed by atoms with Crippen LogP contribution in [0.4, 0.5) is 0 Å². The van der Waals surface area contributed by atoms with E-state index in [2.05, 4.69) is 11.8 Å². The summed E-state index contributed by atoms with van der Waals surface area (Å²) < 4.78 is 0. The van der Waals surface area contributed by atoms with Gasteiger partial charge in [0, 0.05) is 12.5 Å². The van der Waals surface area contributed by atoms with Crippen molar-refractivity contribution >= 4 is 5.91 Å². The highest BCUT2D eigenvalue weighted by atomic mass is 16.2. The van der Waals surface area contributed by atoms with Crippen LogP contribution in [0.2, 0.25) is 0 Å². The van der Waals surface area contributed by atoms with Gasteiger partial charge in [-0.15, -0.1) is 5.92 Å². The molecule has 2 nitrogen and oxygen atoms in total. The zero-order valence-electron chi connectivity index (χ0n) is 8.56. The van der Waals surface area contributed by atoms with E-state index in [9.17, 15) is 4.79 Å².